The van der Waals surface area contributed by atoms with Gasteiger partial charge in [0.25, 0.3) is 0 Å². The van der Waals surface area contributed by atoms with Crippen molar-refractivity contribution in [2.45, 2.75) is 6.17 Å². The summed E-state index contributed by atoms with van der Waals surface area (Å²) in [6.07, 6.45) is 1.18. The lowest BCUT2D eigenvalue weighted by Gasteiger charge is -2.16. The molecule has 0 fully saturated rings. The first-order valence-corrected chi connectivity index (χ1v) is 5.12. The van der Waals surface area contributed by atoms with Gasteiger partial charge in [-0.3, -0.25) is 0 Å². The molecule has 1 aliphatic heterocycles. The Morgan fingerprint density at radius 2 is 2.42 bits per heavy atom. The Labute approximate surface area is 107 Å². The predicted molar refractivity (Wildman–Crippen MR) is 66.5 cm³/mol. The van der Waals surface area contributed by atoms with Crippen LogP contribution in [0.25, 0.3) is 10.4 Å². The minimum Gasteiger partial charge on any atom is -0.462 e. The Bertz CT molecular complexity index is 516. The van der Waals surface area contributed by atoms with Crippen LogP contribution in [0, 0.1) is 4.91 Å². The van der Waals surface area contributed by atoms with Gasteiger partial charge in [-0.15, -0.1) is 4.91 Å². The van der Waals surface area contributed by atoms with Crippen LogP contribution < -0.4 is 11.5 Å². The van der Waals surface area contributed by atoms with E-state index in [1.165, 1.54) is 6.08 Å². The number of nitrogens with two attached hydrogens (primary N) is 2. The highest BCUT2D eigenvalue weighted by Crippen LogP contribution is 2.19. The summed E-state index contributed by atoms with van der Waals surface area (Å²) in [6.45, 7) is -0.107. The minimum absolute atomic E-state index is 0.000497. The van der Waals surface area contributed by atoms with Gasteiger partial charge < -0.3 is 16.2 Å². The topological polar surface area (TPSA) is 169 Å². The van der Waals surface area contributed by atoms with Crippen molar-refractivity contribution in [2.75, 3.05) is 13.2 Å². The average molecular weight is 265 g/mol. The van der Waals surface area contributed by atoms with Crippen LogP contribution in [0.2, 0.25) is 0 Å². The van der Waals surface area contributed by atoms with Gasteiger partial charge in [-0.25, -0.2) is 9.79 Å². The molecule has 100 valence electrons. The maximum absolute atomic E-state index is 11.8. The monoisotopic (exact) mass is 265 g/mol. The molecule has 0 aromatic rings. The molecule has 0 aromatic carbocycles. The van der Waals surface area contributed by atoms with Crippen LogP contribution in [0.3, 0.4) is 0 Å². The Balaban J connectivity index is 2.83. The summed E-state index contributed by atoms with van der Waals surface area (Å²) in [4.78, 5) is 28.4. The molecule has 10 heteroatoms. The van der Waals surface area contributed by atoms with Gasteiger partial charge in [0.2, 0.25) is 6.17 Å². The minimum atomic E-state index is -1.09. The second-order valence-electron chi connectivity index (χ2n) is 3.28. The van der Waals surface area contributed by atoms with Gasteiger partial charge in [0.1, 0.15) is 5.84 Å². The van der Waals surface area contributed by atoms with Gasteiger partial charge in [-0.05, 0) is 16.8 Å². The van der Waals surface area contributed by atoms with Crippen molar-refractivity contribution in [3.63, 3.8) is 0 Å². The molecule has 19 heavy (non-hydrogen) atoms. The summed E-state index contributed by atoms with van der Waals surface area (Å²) in [5, 5.41) is 5.87. The standard InChI is InChI=1S/C9H11N7O3/c10-4-6-5(3-7(15-18)14-8(6)11)9(17)19-2-1-13-16-12/h3-4,7H,1-2,10H2,(H2,11,14). The van der Waals surface area contributed by atoms with Crippen molar-refractivity contribution >= 4 is 11.8 Å². The Morgan fingerprint density at radius 3 is 3.00 bits per heavy atom. The molecule has 0 amide bonds. The fourth-order valence-corrected chi connectivity index (χ4v) is 1.33. The predicted octanol–water partition coefficient (Wildman–Crippen LogP) is 0.0722. The fraction of sp³-hybridized carbons (Fsp3) is 0.333. The largest absolute Gasteiger partial charge is 0.462 e. The third-order valence-electron chi connectivity index (χ3n) is 2.14. The first kappa shape index (κ1) is 14.2. The third kappa shape index (κ3) is 3.54. The molecule has 1 heterocycles. The molecule has 1 aliphatic rings. The number of dihydropyridines is 1. The second kappa shape index (κ2) is 6.77. The van der Waals surface area contributed by atoms with E-state index in [2.05, 4.69) is 20.2 Å². The van der Waals surface area contributed by atoms with Crippen molar-refractivity contribution in [2.24, 2.45) is 26.8 Å². The molecule has 0 spiro atoms. The van der Waals surface area contributed by atoms with Crippen LogP contribution in [0.5, 0.6) is 0 Å². The van der Waals surface area contributed by atoms with E-state index in [1.807, 2.05) is 0 Å². The second-order valence-corrected chi connectivity index (χ2v) is 3.28. The summed E-state index contributed by atoms with van der Waals surface area (Å²) < 4.78 is 4.83. The van der Waals surface area contributed by atoms with Crippen molar-refractivity contribution in [3.05, 3.63) is 38.8 Å². The number of hydrogen-bond acceptors (Lipinski definition) is 8. The van der Waals surface area contributed by atoms with Gasteiger partial charge in [-0.1, -0.05) is 5.11 Å². The van der Waals surface area contributed by atoms with Crippen LogP contribution in [0.4, 0.5) is 0 Å². The molecule has 0 aromatic heterocycles. The summed E-state index contributed by atoms with van der Waals surface area (Å²) in [5.74, 6) is -0.826. The molecule has 1 rings (SSSR count). The van der Waals surface area contributed by atoms with Gasteiger partial charge in [-0.2, -0.15) is 0 Å². The number of amidine groups is 1. The maximum Gasteiger partial charge on any atom is 0.338 e. The van der Waals surface area contributed by atoms with E-state index in [-0.39, 0.29) is 30.1 Å². The molecule has 0 bridgehead atoms. The van der Waals surface area contributed by atoms with E-state index in [0.29, 0.717) is 0 Å². The first-order valence-electron chi connectivity index (χ1n) is 5.12. The number of carbonyl (C=O) groups excluding carboxylic acids is 1. The van der Waals surface area contributed by atoms with E-state index >= 15 is 0 Å². The highest BCUT2D eigenvalue weighted by Gasteiger charge is 2.25. The van der Waals surface area contributed by atoms with Gasteiger partial charge in [0.15, 0.2) is 0 Å². The Morgan fingerprint density at radius 1 is 1.68 bits per heavy atom. The Kier molecular flexibility index (Phi) is 5.05. The number of hydrogen-bond donors (Lipinski definition) is 2. The molecule has 4 N–H and O–H groups in total. The zero-order valence-corrected chi connectivity index (χ0v) is 9.76. The quantitative estimate of drug-likeness (QED) is 0.179. The lowest BCUT2D eigenvalue weighted by Crippen LogP contribution is -2.28. The Hall–Kier alpha value is -2.87. The fourth-order valence-electron chi connectivity index (χ4n) is 1.33. The number of ether oxygens (including phenoxy) is 1. The molecule has 0 aliphatic carbocycles. The highest BCUT2D eigenvalue weighted by molar-refractivity contribution is 6.11. The SMILES string of the molecule is [N-]=[N+]=NCCOC(=O)C1=CC(N=O)N=C(N)C1=CN. The van der Waals surface area contributed by atoms with Crippen LogP contribution in [0.15, 0.2) is 38.7 Å². The van der Waals surface area contributed by atoms with E-state index in [4.69, 9.17) is 21.7 Å². The molecule has 0 radical (unpaired) electrons. The summed E-state index contributed by atoms with van der Waals surface area (Å²) in [6, 6.07) is 0. The first-order chi connectivity index (χ1) is 9.13. The van der Waals surface area contributed by atoms with Gasteiger partial charge in [0, 0.05) is 16.7 Å². The highest BCUT2D eigenvalue weighted by atomic mass is 16.5. The molecular formula is C9H11N7O3. The van der Waals surface area contributed by atoms with Crippen LogP contribution in [-0.2, 0) is 9.53 Å². The van der Waals surface area contributed by atoms with Crippen molar-refractivity contribution in [3.8, 4) is 0 Å². The molecule has 0 saturated heterocycles. The van der Waals surface area contributed by atoms with Crippen LogP contribution >= 0.6 is 0 Å². The van der Waals surface area contributed by atoms with E-state index in [0.717, 1.165) is 6.20 Å². The maximum atomic E-state index is 11.8. The third-order valence-corrected chi connectivity index (χ3v) is 2.14. The number of aliphatic imine (C=N–C) groups is 1. The number of carbonyl (C=O) groups is 1. The number of azide groups is 1. The summed E-state index contributed by atoms with van der Waals surface area (Å²) in [5.41, 5.74) is 19.1. The lowest BCUT2D eigenvalue weighted by atomic mass is 10.0. The summed E-state index contributed by atoms with van der Waals surface area (Å²) >= 11 is 0. The van der Waals surface area contributed by atoms with Crippen LogP contribution in [0.1, 0.15) is 0 Å². The molecule has 1 atom stereocenters. The number of rotatable bonds is 5. The average Bonchev–Trinajstić information content (AvgIpc) is 2.42. The smallest absolute Gasteiger partial charge is 0.338 e. The molecule has 1 unspecified atom stereocenters. The number of nitroso groups, excluding NO2 is 1. The number of esters is 1. The van der Waals surface area contributed by atoms with E-state index in [9.17, 15) is 9.70 Å². The molecular weight excluding hydrogens is 254 g/mol. The van der Waals surface area contributed by atoms with Crippen LogP contribution in [-0.4, -0.2) is 31.1 Å². The van der Waals surface area contributed by atoms with Crippen molar-refractivity contribution < 1.29 is 9.53 Å². The molecule has 10 nitrogen and oxygen atoms in total. The normalized spacial score (nSPS) is 20.0. The van der Waals surface area contributed by atoms with E-state index in [1.54, 1.807) is 0 Å². The lowest BCUT2D eigenvalue weighted by molar-refractivity contribution is -0.138. The zero-order chi connectivity index (χ0) is 14.3. The summed E-state index contributed by atoms with van der Waals surface area (Å²) in [7, 11) is 0. The van der Waals surface area contributed by atoms with Gasteiger partial charge >= 0.3 is 5.97 Å². The van der Waals surface area contributed by atoms with Crippen molar-refractivity contribution in [1.82, 2.24) is 0 Å². The number of nitrogens with zero attached hydrogens (tertiary/aromatic N) is 5. The van der Waals surface area contributed by atoms with E-state index < -0.39 is 12.1 Å². The van der Waals surface area contributed by atoms with Crippen molar-refractivity contribution in [1.29, 1.82) is 0 Å². The van der Waals surface area contributed by atoms with Gasteiger partial charge in [0.05, 0.1) is 18.7 Å². The zero-order valence-electron chi connectivity index (χ0n) is 9.76. The molecule has 0 saturated carbocycles.